The minimum Gasteiger partial charge on any atom is -0.486 e. The lowest BCUT2D eigenvalue weighted by Gasteiger charge is -2.23. The second-order valence-electron chi connectivity index (χ2n) is 5.13. The molecule has 0 fully saturated rings. The highest BCUT2D eigenvalue weighted by Gasteiger charge is 2.18. The number of ether oxygens (including phenoxy) is 1. The maximum Gasteiger partial charge on any atom is 0.138 e. The van der Waals surface area contributed by atoms with Crippen molar-refractivity contribution in [2.45, 2.75) is 33.3 Å². The molecule has 1 aromatic carbocycles. The highest BCUT2D eigenvalue weighted by molar-refractivity contribution is 6.30. The van der Waals surface area contributed by atoms with Crippen molar-refractivity contribution in [2.24, 2.45) is 5.92 Å². The van der Waals surface area contributed by atoms with E-state index in [9.17, 15) is 0 Å². The number of rotatable bonds is 6. The fourth-order valence-corrected chi connectivity index (χ4v) is 2.23. The van der Waals surface area contributed by atoms with Crippen LogP contribution in [0, 0.1) is 5.92 Å². The quantitative estimate of drug-likeness (QED) is 0.799. The summed E-state index contributed by atoms with van der Waals surface area (Å²) in [5, 5.41) is 4.84. The van der Waals surface area contributed by atoms with E-state index in [2.05, 4.69) is 30.9 Å². The lowest BCUT2D eigenvalue weighted by molar-refractivity contribution is 0.222. The molecule has 1 aromatic heterocycles. The summed E-state index contributed by atoms with van der Waals surface area (Å²) in [5.41, 5.74) is 1.18. The normalized spacial score (nSPS) is 13.5. The van der Waals surface area contributed by atoms with Crippen LogP contribution >= 0.6 is 11.6 Å². The Morgan fingerprint density at radius 2 is 2.05 bits per heavy atom. The molecule has 4 nitrogen and oxygen atoms in total. The van der Waals surface area contributed by atoms with Crippen LogP contribution in [0.25, 0.3) is 6.20 Å². The van der Waals surface area contributed by atoms with Gasteiger partial charge in [0.2, 0.25) is 0 Å². The Balaban J connectivity index is 2.22. The molecule has 1 atom stereocenters. The third kappa shape index (κ3) is 4.33. The van der Waals surface area contributed by atoms with E-state index in [4.69, 9.17) is 16.3 Å². The highest BCUT2D eigenvalue weighted by atomic mass is 35.5. The zero-order valence-corrected chi connectivity index (χ0v) is 13.3. The van der Waals surface area contributed by atoms with Crippen LogP contribution in [0.4, 0.5) is 0 Å². The van der Waals surface area contributed by atoms with Gasteiger partial charge in [0, 0.05) is 11.2 Å². The summed E-state index contributed by atoms with van der Waals surface area (Å²) < 4.78 is 7.81. The van der Waals surface area contributed by atoms with Crippen molar-refractivity contribution in [3.05, 3.63) is 47.5 Å². The van der Waals surface area contributed by atoms with Gasteiger partial charge >= 0.3 is 0 Å². The van der Waals surface area contributed by atoms with Crippen LogP contribution in [0.15, 0.2) is 42.5 Å². The van der Waals surface area contributed by atoms with E-state index >= 15 is 0 Å². The van der Waals surface area contributed by atoms with Gasteiger partial charge in [0.1, 0.15) is 24.5 Å². The number of benzene rings is 1. The summed E-state index contributed by atoms with van der Waals surface area (Å²) in [6.45, 7) is 6.41. The largest absolute Gasteiger partial charge is 0.486 e. The summed E-state index contributed by atoms with van der Waals surface area (Å²) in [7, 11) is 0. The fourth-order valence-electron chi connectivity index (χ4n) is 2.11. The van der Waals surface area contributed by atoms with E-state index in [1.807, 2.05) is 30.5 Å². The van der Waals surface area contributed by atoms with Crippen molar-refractivity contribution < 1.29 is 4.74 Å². The number of aromatic nitrogens is 3. The van der Waals surface area contributed by atoms with E-state index < -0.39 is 0 Å². The SMILES string of the molecule is CCC(Oc1ccc(Cl)cc1)/C(=C/n1cncn1)C(C)C. The van der Waals surface area contributed by atoms with Gasteiger partial charge in [-0.05, 0) is 42.2 Å². The number of nitrogens with zero attached hydrogens (tertiary/aromatic N) is 3. The summed E-state index contributed by atoms with van der Waals surface area (Å²) in [4.78, 5) is 3.97. The first-order chi connectivity index (χ1) is 10.1. The predicted octanol–water partition coefficient (Wildman–Crippen LogP) is 4.29. The van der Waals surface area contributed by atoms with E-state index in [1.54, 1.807) is 11.0 Å². The molecule has 0 saturated heterocycles. The Kier molecular flexibility index (Phi) is 5.39. The maximum atomic E-state index is 6.10. The molecule has 0 spiro atoms. The van der Waals surface area contributed by atoms with Crippen LogP contribution < -0.4 is 4.74 Å². The number of halogens is 1. The van der Waals surface area contributed by atoms with Crippen LogP contribution in [-0.4, -0.2) is 20.9 Å². The number of hydrogen-bond acceptors (Lipinski definition) is 3. The Hall–Kier alpha value is -1.81. The van der Waals surface area contributed by atoms with Gasteiger partial charge in [0.05, 0.1) is 0 Å². The van der Waals surface area contributed by atoms with Crippen molar-refractivity contribution in [1.82, 2.24) is 14.8 Å². The molecular weight excluding hydrogens is 286 g/mol. The molecule has 21 heavy (non-hydrogen) atoms. The van der Waals surface area contributed by atoms with Gasteiger partial charge in [-0.2, -0.15) is 5.10 Å². The Labute approximate surface area is 130 Å². The Bertz CT molecular complexity index is 576. The van der Waals surface area contributed by atoms with Crippen LogP contribution in [0.3, 0.4) is 0 Å². The van der Waals surface area contributed by atoms with Crippen molar-refractivity contribution in [3.63, 3.8) is 0 Å². The van der Waals surface area contributed by atoms with Gasteiger partial charge in [-0.25, -0.2) is 9.67 Å². The number of hydrogen-bond donors (Lipinski definition) is 0. The molecule has 2 rings (SSSR count). The minimum atomic E-state index is -0.00428. The topological polar surface area (TPSA) is 39.9 Å². The highest BCUT2D eigenvalue weighted by Crippen LogP contribution is 2.24. The zero-order valence-electron chi connectivity index (χ0n) is 12.5. The molecule has 0 amide bonds. The van der Waals surface area contributed by atoms with Crippen molar-refractivity contribution in [2.75, 3.05) is 0 Å². The van der Waals surface area contributed by atoms with E-state index in [0.29, 0.717) is 10.9 Å². The molecule has 0 bridgehead atoms. The molecule has 0 aliphatic heterocycles. The molecule has 112 valence electrons. The van der Waals surface area contributed by atoms with Gasteiger partial charge in [-0.3, -0.25) is 0 Å². The average molecular weight is 306 g/mol. The molecule has 2 aromatic rings. The summed E-state index contributed by atoms with van der Waals surface area (Å²) in [5.74, 6) is 1.17. The molecule has 0 aliphatic carbocycles. The van der Waals surface area contributed by atoms with Gasteiger partial charge < -0.3 is 4.74 Å². The van der Waals surface area contributed by atoms with Crippen LogP contribution in [0.5, 0.6) is 5.75 Å². The van der Waals surface area contributed by atoms with Crippen LogP contribution in [-0.2, 0) is 0 Å². The Morgan fingerprint density at radius 1 is 1.33 bits per heavy atom. The van der Waals surface area contributed by atoms with Gasteiger partial charge in [0.25, 0.3) is 0 Å². The van der Waals surface area contributed by atoms with E-state index in [1.165, 1.54) is 11.9 Å². The monoisotopic (exact) mass is 305 g/mol. The van der Waals surface area contributed by atoms with Crippen molar-refractivity contribution in [3.8, 4) is 5.75 Å². The van der Waals surface area contributed by atoms with Gasteiger partial charge in [-0.15, -0.1) is 0 Å². The molecule has 0 saturated carbocycles. The smallest absolute Gasteiger partial charge is 0.138 e. The molecule has 0 aliphatic rings. The summed E-state index contributed by atoms with van der Waals surface area (Å²) in [6, 6.07) is 7.44. The molecule has 1 unspecified atom stereocenters. The van der Waals surface area contributed by atoms with Crippen molar-refractivity contribution in [1.29, 1.82) is 0 Å². The minimum absolute atomic E-state index is 0.00428. The van der Waals surface area contributed by atoms with Crippen LogP contribution in [0.2, 0.25) is 5.02 Å². The first kappa shape index (κ1) is 15.6. The lowest BCUT2D eigenvalue weighted by Crippen LogP contribution is -2.22. The molecule has 1 heterocycles. The lowest BCUT2D eigenvalue weighted by atomic mass is 9.97. The molecule has 0 N–H and O–H groups in total. The third-order valence-electron chi connectivity index (χ3n) is 3.22. The molecule has 0 radical (unpaired) electrons. The predicted molar refractivity (Wildman–Crippen MR) is 85.3 cm³/mol. The van der Waals surface area contributed by atoms with Crippen LogP contribution in [0.1, 0.15) is 27.2 Å². The first-order valence-corrected chi connectivity index (χ1v) is 7.46. The maximum absolute atomic E-state index is 6.10. The van der Waals surface area contributed by atoms with E-state index in [0.717, 1.165) is 12.2 Å². The van der Waals surface area contributed by atoms with Gasteiger partial charge in [0.15, 0.2) is 0 Å². The average Bonchev–Trinajstić information content (AvgIpc) is 2.97. The Morgan fingerprint density at radius 3 is 2.57 bits per heavy atom. The van der Waals surface area contributed by atoms with E-state index in [-0.39, 0.29) is 6.10 Å². The first-order valence-electron chi connectivity index (χ1n) is 7.08. The van der Waals surface area contributed by atoms with Gasteiger partial charge in [-0.1, -0.05) is 32.4 Å². The standard InChI is InChI=1S/C16H20ClN3O/c1-4-16(21-14-7-5-13(17)6-8-14)15(12(2)3)9-20-11-18-10-19-20/h5-12,16H,4H2,1-3H3/b15-9+. The molecule has 5 heteroatoms. The summed E-state index contributed by atoms with van der Waals surface area (Å²) >= 11 is 5.90. The van der Waals surface area contributed by atoms with Crippen molar-refractivity contribution >= 4 is 17.8 Å². The second kappa shape index (κ2) is 7.27. The summed E-state index contributed by atoms with van der Waals surface area (Å²) in [6.07, 6.45) is 6.06. The zero-order chi connectivity index (χ0) is 15.2. The second-order valence-corrected chi connectivity index (χ2v) is 5.56. The fraction of sp³-hybridized carbons (Fsp3) is 0.375. The molecular formula is C16H20ClN3O. The third-order valence-corrected chi connectivity index (χ3v) is 3.47.